The molecule has 3 N–H and O–H groups in total. The number of carbonyl (C=O) groups excluding carboxylic acids is 4. The molecule has 9 nitrogen and oxygen atoms in total. The zero-order valence-corrected chi connectivity index (χ0v) is 15.7. The maximum Gasteiger partial charge on any atom is 0.224 e. The van der Waals surface area contributed by atoms with Crippen LogP contribution in [0.25, 0.3) is 0 Å². The number of hydrogen-bond donors (Lipinski definition) is 2. The fourth-order valence-electron chi connectivity index (χ4n) is 1.98. The van der Waals surface area contributed by atoms with Crippen LogP contribution in [0.2, 0.25) is 0 Å². The fourth-order valence-corrected chi connectivity index (χ4v) is 1.98. The summed E-state index contributed by atoms with van der Waals surface area (Å²) in [6, 6.07) is 0. The van der Waals surface area contributed by atoms with E-state index in [9.17, 15) is 19.2 Å². The average Bonchev–Trinajstić information content (AvgIpc) is 2.58. The summed E-state index contributed by atoms with van der Waals surface area (Å²) in [5.74, 6) is -0.752. The van der Waals surface area contributed by atoms with E-state index in [1.54, 1.807) is 28.2 Å². The van der Waals surface area contributed by atoms with Crippen molar-refractivity contribution in [3.05, 3.63) is 0 Å². The molecule has 0 saturated heterocycles. The molecule has 25 heavy (non-hydrogen) atoms. The Morgan fingerprint density at radius 2 is 1.08 bits per heavy atom. The van der Waals surface area contributed by atoms with Gasteiger partial charge in [0.2, 0.25) is 23.6 Å². The third kappa shape index (κ3) is 10.3. The summed E-state index contributed by atoms with van der Waals surface area (Å²) in [5.41, 5.74) is 5.05. The molecule has 4 amide bonds. The number of rotatable bonds is 12. The van der Waals surface area contributed by atoms with Crippen molar-refractivity contribution in [2.24, 2.45) is 5.73 Å². The van der Waals surface area contributed by atoms with E-state index in [0.717, 1.165) is 0 Å². The minimum absolute atomic E-state index is 0.0175. The van der Waals surface area contributed by atoms with Crippen molar-refractivity contribution in [3.63, 3.8) is 0 Å². The smallest absolute Gasteiger partial charge is 0.224 e. The van der Waals surface area contributed by atoms with Gasteiger partial charge in [-0.1, -0.05) is 0 Å². The van der Waals surface area contributed by atoms with Crippen LogP contribution in [0.5, 0.6) is 0 Å². The van der Waals surface area contributed by atoms with E-state index in [0.29, 0.717) is 19.5 Å². The number of amides is 4. The van der Waals surface area contributed by atoms with Crippen molar-refractivity contribution >= 4 is 23.6 Å². The van der Waals surface area contributed by atoms with Crippen LogP contribution in [0.3, 0.4) is 0 Å². The largest absolute Gasteiger partial charge is 0.370 e. The first-order valence-electron chi connectivity index (χ1n) is 8.33. The molecule has 0 aromatic carbocycles. The molecule has 0 unspecified atom stereocenters. The zero-order chi connectivity index (χ0) is 19.4. The molecule has 0 atom stereocenters. The van der Waals surface area contributed by atoms with E-state index < -0.39 is 5.91 Å². The predicted octanol–water partition coefficient (Wildman–Crippen LogP) is -1.37. The Labute approximate surface area is 149 Å². The number of carbonyl (C=O) groups is 4. The number of nitrogens with zero attached hydrogens (tertiary/aromatic N) is 3. The van der Waals surface area contributed by atoms with Crippen LogP contribution in [0.4, 0.5) is 0 Å². The second-order valence-electron chi connectivity index (χ2n) is 6.02. The molecule has 144 valence electrons. The molecule has 0 aromatic heterocycles. The van der Waals surface area contributed by atoms with Crippen molar-refractivity contribution in [1.29, 1.82) is 0 Å². The topological polar surface area (TPSA) is 116 Å². The lowest BCUT2D eigenvalue weighted by molar-refractivity contribution is -0.133. The maximum atomic E-state index is 12.1. The Morgan fingerprint density at radius 3 is 1.44 bits per heavy atom. The summed E-state index contributed by atoms with van der Waals surface area (Å²) in [6.45, 7) is 1.50. The monoisotopic (exact) mass is 357 g/mol. The second kappa shape index (κ2) is 12.2. The van der Waals surface area contributed by atoms with Gasteiger partial charge in [0.05, 0.1) is 0 Å². The van der Waals surface area contributed by atoms with E-state index in [4.69, 9.17) is 5.73 Å². The van der Waals surface area contributed by atoms with Crippen LogP contribution in [-0.4, -0.2) is 92.7 Å². The molecular weight excluding hydrogens is 326 g/mol. The summed E-state index contributed by atoms with van der Waals surface area (Å²) in [6.07, 6.45) is 0.895. The van der Waals surface area contributed by atoms with Crippen LogP contribution >= 0.6 is 0 Å². The van der Waals surface area contributed by atoms with E-state index in [1.165, 1.54) is 14.7 Å². The molecule has 0 radical (unpaired) electrons. The predicted molar refractivity (Wildman–Crippen MR) is 94.5 cm³/mol. The van der Waals surface area contributed by atoms with Gasteiger partial charge in [0.15, 0.2) is 0 Å². The van der Waals surface area contributed by atoms with Gasteiger partial charge >= 0.3 is 0 Å². The molecule has 0 rings (SSSR count). The van der Waals surface area contributed by atoms with Crippen LogP contribution < -0.4 is 11.1 Å². The summed E-state index contributed by atoms with van der Waals surface area (Å²) in [4.78, 5) is 50.9. The molecule has 0 fully saturated rings. The molecule has 9 heteroatoms. The number of nitrogens with one attached hydrogen (secondary N) is 1. The fraction of sp³-hybridized carbons (Fsp3) is 0.750. The highest BCUT2D eigenvalue weighted by Crippen LogP contribution is 2.00. The van der Waals surface area contributed by atoms with Crippen molar-refractivity contribution < 1.29 is 19.2 Å². The van der Waals surface area contributed by atoms with Gasteiger partial charge < -0.3 is 25.8 Å². The molecule has 0 aliphatic carbocycles. The summed E-state index contributed by atoms with van der Waals surface area (Å²) in [7, 11) is 6.67. The third-order valence-corrected chi connectivity index (χ3v) is 3.88. The Hall–Kier alpha value is -2.16. The van der Waals surface area contributed by atoms with Gasteiger partial charge in [-0.05, 0) is 7.05 Å². The SMILES string of the molecule is CNCCC(=O)N(C)CCC(=O)N(C)CCC(=O)N(C)CCC(N)=O. The number of primary amides is 1. The highest BCUT2D eigenvalue weighted by Gasteiger charge is 2.15. The van der Waals surface area contributed by atoms with Gasteiger partial charge in [0.25, 0.3) is 0 Å². The Morgan fingerprint density at radius 1 is 0.720 bits per heavy atom. The Balaban J connectivity index is 4.11. The zero-order valence-electron chi connectivity index (χ0n) is 15.7. The van der Waals surface area contributed by atoms with Crippen LogP contribution in [-0.2, 0) is 19.2 Å². The third-order valence-electron chi connectivity index (χ3n) is 3.88. The lowest BCUT2D eigenvalue weighted by Crippen LogP contribution is -2.37. The minimum Gasteiger partial charge on any atom is -0.370 e. The normalized spacial score (nSPS) is 10.2. The highest BCUT2D eigenvalue weighted by atomic mass is 16.2. The summed E-state index contributed by atoms with van der Waals surface area (Å²) >= 11 is 0. The van der Waals surface area contributed by atoms with Gasteiger partial charge in [-0.15, -0.1) is 0 Å². The van der Waals surface area contributed by atoms with E-state index in [-0.39, 0.29) is 50.1 Å². The molecule has 0 aliphatic rings. The first kappa shape index (κ1) is 22.8. The molecule has 0 bridgehead atoms. The van der Waals surface area contributed by atoms with Gasteiger partial charge in [-0.2, -0.15) is 0 Å². The molecule has 0 spiro atoms. The highest BCUT2D eigenvalue weighted by molar-refractivity contribution is 5.80. The molecule has 0 saturated carbocycles. The van der Waals surface area contributed by atoms with E-state index in [1.807, 2.05) is 0 Å². The Bertz CT molecular complexity index is 469. The average molecular weight is 357 g/mol. The van der Waals surface area contributed by atoms with Crippen LogP contribution in [0.15, 0.2) is 0 Å². The van der Waals surface area contributed by atoms with Gasteiger partial charge in [0, 0.05) is 73.0 Å². The quantitative estimate of drug-likeness (QED) is 0.447. The molecular formula is C16H31N5O4. The van der Waals surface area contributed by atoms with Crippen molar-refractivity contribution in [2.45, 2.75) is 25.7 Å². The summed E-state index contributed by atoms with van der Waals surface area (Å²) in [5, 5.41) is 2.90. The standard InChI is InChI=1S/C16H31N5O4/c1-18-9-5-14(23)20(3)11-7-16(25)21(4)12-8-15(24)19(2)10-6-13(17)22/h18H,5-12H2,1-4H3,(H2,17,22). The summed E-state index contributed by atoms with van der Waals surface area (Å²) < 4.78 is 0. The van der Waals surface area contributed by atoms with Crippen LogP contribution in [0, 0.1) is 0 Å². The first-order valence-corrected chi connectivity index (χ1v) is 8.33. The van der Waals surface area contributed by atoms with E-state index >= 15 is 0 Å². The lowest BCUT2D eigenvalue weighted by Gasteiger charge is -2.22. The van der Waals surface area contributed by atoms with Gasteiger partial charge in [-0.25, -0.2) is 0 Å². The van der Waals surface area contributed by atoms with Gasteiger partial charge in [-0.3, -0.25) is 19.2 Å². The molecule has 0 heterocycles. The second-order valence-corrected chi connectivity index (χ2v) is 6.02. The van der Waals surface area contributed by atoms with Gasteiger partial charge in [0.1, 0.15) is 0 Å². The lowest BCUT2D eigenvalue weighted by atomic mass is 10.3. The minimum atomic E-state index is -0.458. The van der Waals surface area contributed by atoms with E-state index in [2.05, 4.69) is 5.32 Å². The first-order chi connectivity index (χ1) is 11.7. The Kier molecular flexibility index (Phi) is 11.2. The molecule has 0 aliphatic heterocycles. The number of hydrogen-bond acceptors (Lipinski definition) is 5. The number of nitrogens with two attached hydrogens (primary N) is 1. The van der Waals surface area contributed by atoms with Crippen LogP contribution in [0.1, 0.15) is 25.7 Å². The van der Waals surface area contributed by atoms with Crippen molar-refractivity contribution in [1.82, 2.24) is 20.0 Å². The maximum absolute atomic E-state index is 12.1. The molecule has 0 aromatic rings. The van der Waals surface area contributed by atoms with Crippen molar-refractivity contribution in [3.8, 4) is 0 Å². The van der Waals surface area contributed by atoms with Crippen molar-refractivity contribution in [2.75, 3.05) is 54.4 Å².